The van der Waals surface area contributed by atoms with Crippen molar-refractivity contribution in [2.24, 2.45) is 0 Å². The Hall–Kier alpha value is -1.88. The second-order valence-electron chi connectivity index (χ2n) is 5.11. The lowest BCUT2D eigenvalue weighted by Gasteiger charge is -2.16. The summed E-state index contributed by atoms with van der Waals surface area (Å²) in [5.41, 5.74) is 1.47. The number of aromatic nitrogens is 1. The molecular formula is C15H17N3OS. The van der Waals surface area contributed by atoms with Crippen molar-refractivity contribution in [3.05, 3.63) is 52.5 Å². The Labute approximate surface area is 122 Å². The van der Waals surface area contributed by atoms with Gasteiger partial charge >= 0.3 is 6.03 Å². The first-order chi connectivity index (χ1) is 9.78. The number of nitrogens with zero attached hydrogens (tertiary/aromatic N) is 1. The van der Waals surface area contributed by atoms with Crippen LogP contribution in [0.3, 0.4) is 0 Å². The van der Waals surface area contributed by atoms with E-state index >= 15 is 0 Å². The second kappa shape index (κ2) is 5.63. The molecule has 0 saturated heterocycles. The van der Waals surface area contributed by atoms with Gasteiger partial charge in [-0.3, -0.25) is 0 Å². The topological polar surface area (TPSA) is 54.0 Å². The van der Waals surface area contributed by atoms with Crippen LogP contribution in [-0.4, -0.2) is 17.6 Å². The minimum atomic E-state index is -0.123. The van der Waals surface area contributed by atoms with Gasteiger partial charge in [-0.25, -0.2) is 9.78 Å². The van der Waals surface area contributed by atoms with Crippen molar-refractivity contribution in [2.75, 3.05) is 6.54 Å². The molecule has 0 atom stereocenters. The van der Waals surface area contributed by atoms with E-state index in [1.807, 2.05) is 11.4 Å². The molecule has 1 fully saturated rings. The van der Waals surface area contributed by atoms with Gasteiger partial charge in [0.1, 0.15) is 5.01 Å². The SMILES string of the molecule is O=C(NCc1nccs1)NCC1(c2ccccc2)CC1. The van der Waals surface area contributed by atoms with Crippen molar-refractivity contribution in [3.63, 3.8) is 0 Å². The Kier molecular flexibility index (Phi) is 3.69. The van der Waals surface area contributed by atoms with E-state index < -0.39 is 0 Å². The van der Waals surface area contributed by atoms with Gasteiger partial charge in [-0.15, -0.1) is 11.3 Å². The Morgan fingerprint density at radius 3 is 2.70 bits per heavy atom. The fraction of sp³-hybridized carbons (Fsp3) is 0.333. The number of benzene rings is 1. The molecule has 1 saturated carbocycles. The molecule has 3 rings (SSSR count). The fourth-order valence-corrected chi connectivity index (χ4v) is 2.87. The zero-order chi connectivity index (χ0) is 13.8. The number of thiazole rings is 1. The minimum absolute atomic E-state index is 0.123. The normalized spacial score (nSPS) is 15.6. The van der Waals surface area contributed by atoms with Crippen LogP contribution in [0.4, 0.5) is 4.79 Å². The lowest BCUT2D eigenvalue weighted by Crippen LogP contribution is -2.39. The molecule has 0 radical (unpaired) electrons. The predicted molar refractivity (Wildman–Crippen MR) is 79.7 cm³/mol. The van der Waals surface area contributed by atoms with Gasteiger partial charge in [0.05, 0.1) is 6.54 Å². The average Bonchev–Trinajstić information content (AvgIpc) is 3.11. The fourth-order valence-electron chi connectivity index (χ4n) is 2.32. The van der Waals surface area contributed by atoms with Gasteiger partial charge in [0.2, 0.25) is 0 Å². The highest BCUT2D eigenvalue weighted by Crippen LogP contribution is 2.47. The van der Waals surface area contributed by atoms with Crippen LogP contribution in [-0.2, 0) is 12.0 Å². The van der Waals surface area contributed by atoms with Crippen LogP contribution in [0.5, 0.6) is 0 Å². The van der Waals surface area contributed by atoms with Gasteiger partial charge in [0.15, 0.2) is 0 Å². The summed E-state index contributed by atoms with van der Waals surface area (Å²) >= 11 is 1.54. The first-order valence-electron chi connectivity index (χ1n) is 6.74. The number of nitrogens with one attached hydrogen (secondary N) is 2. The molecule has 1 aromatic heterocycles. The summed E-state index contributed by atoms with van der Waals surface area (Å²) in [4.78, 5) is 15.9. The number of rotatable bonds is 5. The number of carbonyl (C=O) groups is 1. The molecule has 4 nitrogen and oxygen atoms in total. The number of hydrogen-bond donors (Lipinski definition) is 2. The molecule has 1 aromatic carbocycles. The van der Waals surface area contributed by atoms with E-state index in [1.54, 1.807) is 17.5 Å². The highest BCUT2D eigenvalue weighted by molar-refractivity contribution is 7.09. The van der Waals surface area contributed by atoms with Crippen molar-refractivity contribution < 1.29 is 4.79 Å². The third kappa shape index (κ3) is 2.99. The molecule has 0 aliphatic heterocycles. The Balaban J connectivity index is 1.48. The highest BCUT2D eigenvalue weighted by atomic mass is 32.1. The predicted octanol–water partition coefficient (Wildman–Crippen LogP) is 2.67. The van der Waals surface area contributed by atoms with Crippen LogP contribution >= 0.6 is 11.3 Å². The quantitative estimate of drug-likeness (QED) is 0.888. The van der Waals surface area contributed by atoms with Crippen LogP contribution in [0.15, 0.2) is 41.9 Å². The lowest BCUT2D eigenvalue weighted by molar-refractivity contribution is 0.239. The second-order valence-corrected chi connectivity index (χ2v) is 6.09. The van der Waals surface area contributed by atoms with E-state index in [0.29, 0.717) is 13.1 Å². The number of amides is 2. The van der Waals surface area contributed by atoms with Crippen LogP contribution in [0.25, 0.3) is 0 Å². The van der Waals surface area contributed by atoms with Crippen molar-refractivity contribution in [1.29, 1.82) is 0 Å². The van der Waals surface area contributed by atoms with Crippen LogP contribution < -0.4 is 10.6 Å². The number of carbonyl (C=O) groups excluding carboxylic acids is 1. The summed E-state index contributed by atoms with van der Waals surface area (Å²) in [5, 5.41) is 8.63. The smallest absolute Gasteiger partial charge is 0.315 e. The standard InChI is InChI=1S/C15H17N3OS/c19-14(17-10-13-16-8-9-20-13)18-11-15(6-7-15)12-4-2-1-3-5-12/h1-5,8-9H,6-7,10-11H2,(H2,17,18,19). The molecule has 1 heterocycles. The molecule has 20 heavy (non-hydrogen) atoms. The summed E-state index contributed by atoms with van der Waals surface area (Å²) in [6.45, 7) is 1.18. The van der Waals surface area contributed by atoms with Crippen molar-refractivity contribution in [1.82, 2.24) is 15.6 Å². The summed E-state index contributed by atoms with van der Waals surface area (Å²) < 4.78 is 0. The van der Waals surface area contributed by atoms with E-state index in [2.05, 4.69) is 39.9 Å². The third-order valence-electron chi connectivity index (χ3n) is 3.71. The number of hydrogen-bond acceptors (Lipinski definition) is 3. The van der Waals surface area contributed by atoms with Gasteiger partial charge in [-0.05, 0) is 18.4 Å². The van der Waals surface area contributed by atoms with Gasteiger partial charge < -0.3 is 10.6 Å². The zero-order valence-electron chi connectivity index (χ0n) is 11.1. The number of urea groups is 1. The largest absolute Gasteiger partial charge is 0.337 e. The Bertz CT molecular complexity index is 564. The van der Waals surface area contributed by atoms with E-state index in [-0.39, 0.29) is 11.4 Å². The van der Waals surface area contributed by atoms with E-state index in [1.165, 1.54) is 5.56 Å². The van der Waals surface area contributed by atoms with Crippen molar-refractivity contribution in [3.8, 4) is 0 Å². The summed E-state index contributed by atoms with van der Waals surface area (Å²) in [6, 6.07) is 10.3. The summed E-state index contributed by atoms with van der Waals surface area (Å²) in [7, 11) is 0. The van der Waals surface area contributed by atoms with Crippen LogP contribution in [0.2, 0.25) is 0 Å². The molecule has 1 aliphatic rings. The third-order valence-corrected chi connectivity index (χ3v) is 4.49. The first kappa shape index (κ1) is 13.1. The summed E-state index contributed by atoms with van der Waals surface area (Å²) in [6.07, 6.45) is 4.03. The average molecular weight is 287 g/mol. The van der Waals surface area contributed by atoms with E-state index in [0.717, 1.165) is 17.8 Å². The maximum Gasteiger partial charge on any atom is 0.315 e. The molecule has 104 valence electrons. The molecule has 0 unspecified atom stereocenters. The summed E-state index contributed by atoms with van der Waals surface area (Å²) in [5.74, 6) is 0. The van der Waals surface area contributed by atoms with E-state index in [9.17, 15) is 4.79 Å². The minimum Gasteiger partial charge on any atom is -0.337 e. The van der Waals surface area contributed by atoms with Gasteiger partial charge in [-0.2, -0.15) is 0 Å². The van der Waals surface area contributed by atoms with Gasteiger partial charge in [-0.1, -0.05) is 30.3 Å². The maximum absolute atomic E-state index is 11.8. The molecule has 2 aromatic rings. The Morgan fingerprint density at radius 1 is 1.25 bits per heavy atom. The molecule has 2 amide bonds. The monoisotopic (exact) mass is 287 g/mol. The molecule has 0 bridgehead atoms. The molecule has 5 heteroatoms. The molecular weight excluding hydrogens is 270 g/mol. The van der Waals surface area contributed by atoms with Crippen molar-refractivity contribution >= 4 is 17.4 Å². The van der Waals surface area contributed by atoms with E-state index in [4.69, 9.17) is 0 Å². The first-order valence-corrected chi connectivity index (χ1v) is 7.62. The zero-order valence-corrected chi connectivity index (χ0v) is 12.0. The van der Waals surface area contributed by atoms with Gasteiger partial charge in [0, 0.05) is 23.5 Å². The van der Waals surface area contributed by atoms with Crippen LogP contribution in [0.1, 0.15) is 23.4 Å². The van der Waals surface area contributed by atoms with Crippen LogP contribution in [0, 0.1) is 0 Å². The Morgan fingerprint density at radius 2 is 2.05 bits per heavy atom. The highest BCUT2D eigenvalue weighted by Gasteiger charge is 2.44. The maximum atomic E-state index is 11.8. The van der Waals surface area contributed by atoms with Gasteiger partial charge in [0.25, 0.3) is 0 Å². The molecule has 2 N–H and O–H groups in total. The molecule has 1 aliphatic carbocycles. The molecule has 0 spiro atoms. The van der Waals surface area contributed by atoms with Crippen molar-refractivity contribution in [2.45, 2.75) is 24.8 Å². The lowest BCUT2D eigenvalue weighted by atomic mass is 9.96.